The second kappa shape index (κ2) is 8.11. The van der Waals surface area contributed by atoms with Crippen LogP contribution in [0, 0.1) is 0 Å². The average Bonchev–Trinajstić information content (AvgIpc) is 3.50. The Labute approximate surface area is 180 Å². The molecule has 3 aliphatic heterocycles. The minimum Gasteiger partial charge on any atom is -0.478 e. The molecule has 4 rings (SSSR count). The summed E-state index contributed by atoms with van der Waals surface area (Å²) in [6, 6.07) is 3.73. The Kier molecular flexibility index (Phi) is 5.17. The number of H-pyrrole nitrogens is 1. The van der Waals surface area contributed by atoms with Crippen molar-refractivity contribution in [3.63, 3.8) is 0 Å². The van der Waals surface area contributed by atoms with Crippen LogP contribution in [0.3, 0.4) is 0 Å². The molecule has 0 fully saturated rings. The number of aliphatic imine (C=N–C) groups is 3. The fourth-order valence-corrected chi connectivity index (χ4v) is 3.17. The first-order chi connectivity index (χ1) is 15.3. The second-order valence-electron chi connectivity index (χ2n) is 6.67. The van der Waals surface area contributed by atoms with Crippen molar-refractivity contribution in [2.75, 3.05) is 0 Å². The number of carboxylic acids is 3. The van der Waals surface area contributed by atoms with Gasteiger partial charge in [0.1, 0.15) is 11.1 Å². The molecule has 0 bridgehead atoms. The van der Waals surface area contributed by atoms with E-state index in [0.29, 0.717) is 11.4 Å². The third-order valence-corrected chi connectivity index (χ3v) is 4.49. The Balaban J connectivity index is 1.62. The topological polar surface area (TPSA) is 165 Å². The number of hydrogen-bond donors (Lipinski definition) is 4. The van der Waals surface area contributed by atoms with Gasteiger partial charge in [-0.25, -0.2) is 24.4 Å². The zero-order valence-corrected chi connectivity index (χ0v) is 16.2. The Bertz CT molecular complexity index is 1330. The van der Waals surface area contributed by atoms with Gasteiger partial charge in [-0.1, -0.05) is 0 Å². The molecule has 4 heterocycles. The molecular weight excluding hydrogens is 416 g/mol. The number of nitrogens with zero attached hydrogens (tertiary/aromatic N) is 3. The van der Waals surface area contributed by atoms with Crippen molar-refractivity contribution in [2.45, 2.75) is 0 Å². The van der Waals surface area contributed by atoms with Gasteiger partial charge in [0.2, 0.25) is 0 Å². The van der Waals surface area contributed by atoms with Crippen LogP contribution in [0.2, 0.25) is 0 Å². The Hall–Kier alpha value is -4.86. The normalized spacial score (nSPS) is 20.7. The number of nitrogens with one attached hydrogen (secondary N) is 1. The van der Waals surface area contributed by atoms with Crippen molar-refractivity contribution in [2.24, 2.45) is 15.0 Å². The average molecular weight is 430 g/mol. The van der Waals surface area contributed by atoms with Gasteiger partial charge < -0.3 is 20.3 Å². The fourth-order valence-electron chi connectivity index (χ4n) is 3.17. The van der Waals surface area contributed by atoms with Crippen LogP contribution in [0.1, 0.15) is 11.4 Å². The minimum atomic E-state index is -1.69. The number of carboxylic acid groups (broad SMARTS) is 3. The molecule has 32 heavy (non-hydrogen) atoms. The van der Waals surface area contributed by atoms with E-state index in [0.717, 1.165) is 17.1 Å². The van der Waals surface area contributed by atoms with Gasteiger partial charge in [-0.05, 0) is 54.7 Å². The Morgan fingerprint density at radius 1 is 0.781 bits per heavy atom. The molecule has 0 aliphatic carbocycles. The number of carbonyl (C=O) groups is 3. The number of aliphatic carboxylic acids is 3. The third kappa shape index (κ3) is 4.05. The third-order valence-electron chi connectivity index (χ3n) is 4.49. The highest BCUT2D eigenvalue weighted by atomic mass is 16.4. The maximum absolute atomic E-state index is 11.6. The molecule has 0 unspecified atom stereocenters. The molecule has 3 aliphatic rings. The zero-order chi connectivity index (χ0) is 22.8. The highest BCUT2D eigenvalue weighted by molar-refractivity contribution is 6.51. The summed E-state index contributed by atoms with van der Waals surface area (Å²) in [5.41, 5.74) is 0.581. The minimum absolute atomic E-state index is 0.295. The van der Waals surface area contributed by atoms with Crippen molar-refractivity contribution in [3.05, 3.63) is 82.1 Å². The molecule has 0 saturated carbocycles. The molecule has 10 nitrogen and oxygen atoms in total. The first-order valence-corrected chi connectivity index (χ1v) is 9.17. The number of rotatable bonds is 6. The molecule has 10 heteroatoms. The van der Waals surface area contributed by atoms with Crippen molar-refractivity contribution in [1.29, 1.82) is 0 Å². The summed E-state index contributed by atoms with van der Waals surface area (Å²) in [5.74, 6) is -4.92. The van der Waals surface area contributed by atoms with Crippen molar-refractivity contribution < 1.29 is 29.7 Å². The Morgan fingerprint density at radius 2 is 1.47 bits per heavy atom. The summed E-state index contributed by atoms with van der Waals surface area (Å²) >= 11 is 0. The van der Waals surface area contributed by atoms with Crippen LogP contribution in [-0.4, -0.2) is 55.8 Å². The Morgan fingerprint density at radius 3 is 2.06 bits per heavy atom. The lowest BCUT2D eigenvalue weighted by Gasteiger charge is -1.99. The van der Waals surface area contributed by atoms with Gasteiger partial charge >= 0.3 is 17.9 Å². The van der Waals surface area contributed by atoms with Crippen LogP contribution in [0.4, 0.5) is 0 Å². The van der Waals surface area contributed by atoms with E-state index in [4.69, 9.17) is 0 Å². The lowest BCUT2D eigenvalue weighted by Crippen LogP contribution is -2.21. The van der Waals surface area contributed by atoms with Gasteiger partial charge in [0.15, 0.2) is 5.71 Å². The lowest BCUT2D eigenvalue weighted by atomic mass is 10.0. The van der Waals surface area contributed by atoms with Crippen LogP contribution in [-0.2, 0) is 14.4 Å². The largest absolute Gasteiger partial charge is 0.478 e. The molecule has 158 valence electrons. The summed E-state index contributed by atoms with van der Waals surface area (Å²) in [4.78, 5) is 49.7. The number of aromatic nitrogens is 1. The predicted octanol–water partition coefficient (Wildman–Crippen LogP) is 2.24. The van der Waals surface area contributed by atoms with E-state index in [-0.39, 0.29) is 5.70 Å². The smallest absolute Gasteiger partial charge is 0.355 e. The summed E-state index contributed by atoms with van der Waals surface area (Å²) in [5, 5.41) is 27.9. The zero-order valence-electron chi connectivity index (χ0n) is 16.2. The summed E-state index contributed by atoms with van der Waals surface area (Å²) in [6.45, 7) is 0. The number of aromatic amines is 1. The SMILES string of the molecule is O=C(O)C1=NC(=CC2=NC(=Cc3ccc(C=C4C=CC=N4)[nH]3)C=C2)C(C(=O)O)=C1C(=O)O. The first kappa shape index (κ1) is 20.4. The number of allylic oxidation sites excluding steroid dienone is 5. The van der Waals surface area contributed by atoms with E-state index in [1.165, 1.54) is 6.08 Å². The van der Waals surface area contributed by atoms with Crippen molar-refractivity contribution >= 4 is 47.7 Å². The highest BCUT2D eigenvalue weighted by Crippen LogP contribution is 2.27. The molecule has 0 amide bonds. The van der Waals surface area contributed by atoms with E-state index in [9.17, 15) is 29.7 Å². The molecule has 0 saturated heterocycles. The van der Waals surface area contributed by atoms with E-state index in [1.807, 2.05) is 30.4 Å². The summed E-state index contributed by atoms with van der Waals surface area (Å²) in [7, 11) is 0. The monoisotopic (exact) mass is 430 g/mol. The maximum Gasteiger partial charge on any atom is 0.355 e. The maximum atomic E-state index is 11.6. The van der Waals surface area contributed by atoms with E-state index in [2.05, 4.69) is 20.0 Å². The van der Waals surface area contributed by atoms with Crippen molar-refractivity contribution in [3.8, 4) is 0 Å². The van der Waals surface area contributed by atoms with Gasteiger partial charge in [-0.2, -0.15) is 0 Å². The van der Waals surface area contributed by atoms with E-state index < -0.39 is 34.8 Å². The van der Waals surface area contributed by atoms with Gasteiger partial charge in [-0.15, -0.1) is 0 Å². The summed E-state index contributed by atoms with van der Waals surface area (Å²) < 4.78 is 0. The fraction of sp³-hybridized carbons (Fsp3) is 0. The molecule has 0 atom stereocenters. The molecular formula is C22H14N4O6. The number of hydrogen-bond acceptors (Lipinski definition) is 6. The second-order valence-corrected chi connectivity index (χ2v) is 6.67. The predicted molar refractivity (Wildman–Crippen MR) is 116 cm³/mol. The lowest BCUT2D eigenvalue weighted by molar-refractivity contribution is -0.135. The molecule has 0 aromatic carbocycles. The van der Waals surface area contributed by atoms with Crippen LogP contribution in [0.5, 0.6) is 0 Å². The van der Waals surface area contributed by atoms with Gasteiger partial charge in [0, 0.05) is 17.6 Å². The summed E-state index contributed by atoms with van der Waals surface area (Å²) in [6.07, 6.45) is 13.5. The molecule has 4 N–H and O–H groups in total. The van der Waals surface area contributed by atoms with Gasteiger partial charge in [0.25, 0.3) is 0 Å². The van der Waals surface area contributed by atoms with Gasteiger partial charge in [0.05, 0.1) is 22.8 Å². The van der Waals surface area contributed by atoms with E-state index >= 15 is 0 Å². The first-order valence-electron chi connectivity index (χ1n) is 9.17. The van der Waals surface area contributed by atoms with Crippen LogP contribution >= 0.6 is 0 Å². The van der Waals surface area contributed by atoms with Crippen molar-refractivity contribution in [1.82, 2.24) is 4.98 Å². The van der Waals surface area contributed by atoms with Crippen LogP contribution in [0.15, 0.2) is 85.7 Å². The van der Waals surface area contributed by atoms with E-state index in [1.54, 1.807) is 24.4 Å². The highest BCUT2D eigenvalue weighted by Gasteiger charge is 2.36. The molecule has 0 spiro atoms. The standard InChI is InChI=1S/C22H14N4O6/c27-20(28)17-16(26-19(22(31)32)18(17)21(29)30)10-15-6-5-14(25-15)9-13-4-3-12(24-13)8-11-2-1-7-23-11/h1-10,24H,(H,27,28)(H,29,30)(H,31,32). The quantitative estimate of drug-likeness (QED) is 0.540. The van der Waals surface area contributed by atoms with Crippen LogP contribution in [0.25, 0.3) is 12.2 Å². The molecule has 0 radical (unpaired) electrons. The molecule has 1 aromatic rings. The molecule has 1 aromatic heterocycles. The van der Waals surface area contributed by atoms with Gasteiger partial charge in [-0.3, -0.25) is 4.99 Å². The van der Waals surface area contributed by atoms with Crippen LogP contribution < -0.4 is 0 Å².